The third-order valence-electron chi connectivity index (χ3n) is 2.44. The van der Waals surface area contributed by atoms with Crippen LogP contribution in [0.4, 0.5) is 0 Å². The summed E-state index contributed by atoms with van der Waals surface area (Å²) in [7, 11) is 1.54. The lowest BCUT2D eigenvalue weighted by molar-refractivity contribution is 0.392. The van der Waals surface area contributed by atoms with Crippen LogP contribution in [0.2, 0.25) is 5.15 Å². The number of methoxy groups -OCH3 is 1. The standard InChI is InChI=1S/C13H15ClN4O/c1-8(2)6-9-7-11(14)16-13(15-9)10-4-5-12(19-3)18-17-10/h4-5,7-8H,6H2,1-3H3. The summed E-state index contributed by atoms with van der Waals surface area (Å²) in [5.41, 5.74) is 1.48. The van der Waals surface area contributed by atoms with Crippen molar-refractivity contribution in [2.45, 2.75) is 20.3 Å². The predicted octanol–water partition coefficient (Wildman–Crippen LogP) is 2.79. The van der Waals surface area contributed by atoms with Crippen LogP contribution in [-0.2, 0) is 6.42 Å². The summed E-state index contributed by atoms with van der Waals surface area (Å²) in [4.78, 5) is 8.64. The summed E-state index contributed by atoms with van der Waals surface area (Å²) in [5.74, 6) is 1.44. The minimum Gasteiger partial charge on any atom is -0.480 e. The zero-order valence-electron chi connectivity index (χ0n) is 11.1. The fourth-order valence-corrected chi connectivity index (χ4v) is 1.86. The molecule has 0 amide bonds. The Kier molecular flexibility index (Phi) is 4.27. The Morgan fingerprint density at radius 1 is 1.21 bits per heavy atom. The molecule has 0 fully saturated rings. The van der Waals surface area contributed by atoms with Crippen molar-refractivity contribution in [1.82, 2.24) is 20.2 Å². The smallest absolute Gasteiger partial charge is 0.233 e. The van der Waals surface area contributed by atoms with Crippen molar-refractivity contribution in [3.63, 3.8) is 0 Å². The Hall–Kier alpha value is -1.75. The van der Waals surface area contributed by atoms with E-state index in [1.165, 1.54) is 0 Å². The highest BCUT2D eigenvalue weighted by Crippen LogP contribution is 2.18. The number of aromatic nitrogens is 4. The van der Waals surface area contributed by atoms with Gasteiger partial charge in [-0.05, 0) is 24.5 Å². The molecule has 2 aromatic heterocycles. The van der Waals surface area contributed by atoms with Gasteiger partial charge in [-0.25, -0.2) is 9.97 Å². The molecule has 0 unspecified atom stereocenters. The number of hydrogen-bond donors (Lipinski definition) is 0. The summed E-state index contributed by atoms with van der Waals surface area (Å²) in [6.45, 7) is 4.26. The quantitative estimate of drug-likeness (QED) is 0.805. The third-order valence-corrected chi connectivity index (χ3v) is 2.64. The van der Waals surface area contributed by atoms with Crippen LogP contribution in [-0.4, -0.2) is 27.3 Å². The predicted molar refractivity (Wildman–Crippen MR) is 73.2 cm³/mol. The summed E-state index contributed by atoms with van der Waals surface area (Å²) in [6.07, 6.45) is 0.846. The second-order valence-corrected chi connectivity index (χ2v) is 4.95. The highest BCUT2D eigenvalue weighted by atomic mass is 35.5. The molecule has 0 bridgehead atoms. The maximum atomic E-state index is 6.02. The molecule has 0 aliphatic carbocycles. The van der Waals surface area contributed by atoms with Crippen LogP contribution in [0.25, 0.3) is 11.5 Å². The summed E-state index contributed by atoms with van der Waals surface area (Å²) in [6, 6.07) is 5.26. The van der Waals surface area contributed by atoms with Crippen molar-refractivity contribution >= 4 is 11.6 Å². The first-order chi connectivity index (χ1) is 9.08. The van der Waals surface area contributed by atoms with Gasteiger partial charge in [-0.2, -0.15) is 0 Å². The molecule has 100 valence electrons. The lowest BCUT2D eigenvalue weighted by Crippen LogP contribution is -2.02. The molecule has 0 radical (unpaired) electrons. The Balaban J connectivity index is 2.34. The highest BCUT2D eigenvalue weighted by Gasteiger charge is 2.09. The van der Waals surface area contributed by atoms with E-state index in [4.69, 9.17) is 16.3 Å². The van der Waals surface area contributed by atoms with Gasteiger partial charge >= 0.3 is 0 Å². The average molecular weight is 279 g/mol. The van der Waals surface area contributed by atoms with Gasteiger partial charge in [0.25, 0.3) is 0 Å². The minimum absolute atomic E-state index is 0.415. The van der Waals surface area contributed by atoms with E-state index in [9.17, 15) is 0 Å². The van der Waals surface area contributed by atoms with E-state index in [-0.39, 0.29) is 0 Å². The topological polar surface area (TPSA) is 60.8 Å². The van der Waals surface area contributed by atoms with Gasteiger partial charge in [-0.1, -0.05) is 25.4 Å². The van der Waals surface area contributed by atoms with Crippen LogP contribution < -0.4 is 4.74 Å². The van der Waals surface area contributed by atoms with Gasteiger partial charge in [0.15, 0.2) is 5.82 Å². The Morgan fingerprint density at radius 2 is 2.00 bits per heavy atom. The third kappa shape index (κ3) is 3.61. The lowest BCUT2D eigenvalue weighted by Gasteiger charge is -2.06. The normalized spacial score (nSPS) is 10.8. The van der Waals surface area contributed by atoms with E-state index in [1.54, 1.807) is 25.3 Å². The molecule has 0 saturated heterocycles. The fourth-order valence-electron chi connectivity index (χ4n) is 1.65. The van der Waals surface area contributed by atoms with Gasteiger partial charge in [-0.15, -0.1) is 10.2 Å². The van der Waals surface area contributed by atoms with Gasteiger partial charge < -0.3 is 4.74 Å². The monoisotopic (exact) mass is 278 g/mol. The molecular formula is C13H15ClN4O. The van der Waals surface area contributed by atoms with E-state index >= 15 is 0 Å². The van der Waals surface area contributed by atoms with Crippen molar-refractivity contribution in [2.24, 2.45) is 5.92 Å². The molecule has 19 heavy (non-hydrogen) atoms. The molecule has 6 heteroatoms. The molecule has 0 spiro atoms. The molecule has 0 aliphatic rings. The molecule has 2 aromatic rings. The van der Waals surface area contributed by atoms with Gasteiger partial charge in [0.2, 0.25) is 5.88 Å². The van der Waals surface area contributed by atoms with Gasteiger partial charge in [0.05, 0.1) is 7.11 Å². The lowest BCUT2D eigenvalue weighted by atomic mass is 10.1. The van der Waals surface area contributed by atoms with Crippen molar-refractivity contribution < 1.29 is 4.74 Å². The average Bonchev–Trinajstić information content (AvgIpc) is 2.37. The SMILES string of the molecule is COc1ccc(-c2nc(Cl)cc(CC(C)C)n2)nn1. The second kappa shape index (κ2) is 5.93. The molecule has 0 atom stereocenters. The highest BCUT2D eigenvalue weighted by molar-refractivity contribution is 6.29. The maximum absolute atomic E-state index is 6.02. The van der Waals surface area contributed by atoms with Crippen LogP contribution in [0.5, 0.6) is 5.88 Å². The van der Waals surface area contributed by atoms with E-state index in [0.717, 1.165) is 12.1 Å². The number of ether oxygens (including phenoxy) is 1. The largest absolute Gasteiger partial charge is 0.480 e. The van der Waals surface area contributed by atoms with E-state index in [1.807, 2.05) is 0 Å². The van der Waals surface area contributed by atoms with E-state index in [0.29, 0.717) is 28.5 Å². The van der Waals surface area contributed by atoms with Crippen LogP contribution >= 0.6 is 11.6 Å². The maximum Gasteiger partial charge on any atom is 0.233 e. The first-order valence-corrected chi connectivity index (χ1v) is 6.38. The van der Waals surface area contributed by atoms with Gasteiger partial charge in [-0.3, -0.25) is 0 Å². The number of nitrogens with zero attached hydrogens (tertiary/aromatic N) is 4. The summed E-state index contributed by atoms with van der Waals surface area (Å²) in [5, 5.41) is 8.34. The molecule has 0 saturated carbocycles. The minimum atomic E-state index is 0.415. The van der Waals surface area contributed by atoms with Crippen LogP contribution in [0, 0.1) is 5.92 Å². The fraction of sp³-hybridized carbons (Fsp3) is 0.385. The van der Waals surface area contributed by atoms with Crippen LogP contribution in [0.15, 0.2) is 18.2 Å². The Labute approximate surface area is 117 Å². The molecule has 5 nitrogen and oxygen atoms in total. The number of halogens is 1. The summed E-state index contributed by atoms with van der Waals surface area (Å²) < 4.78 is 4.96. The van der Waals surface area contributed by atoms with Crippen molar-refractivity contribution in [3.8, 4) is 17.4 Å². The first-order valence-electron chi connectivity index (χ1n) is 6.00. The molecular weight excluding hydrogens is 264 g/mol. The zero-order valence-corrected chi connectivity index (χ0v) is 11.8. The molecule has 0 aliphatic heterocycles. The van der Waals surface area contributed by atoms with Crippen molar-refractivity contribution in [3.05, 3.63) is 29.0 Å². The van der Waals surface area contributed by atoms with Gasteiger partial charge in [0, 0.05) is 11.8 Å². The first kappa shape index (κ1) is 13.7. The van der Waals surface area contributed by atoms with E-state index < -0.39 is 0 Å². The second-order valence-electron chi connectivity index (χ2n) is 4.56. The molecule has 0 aromatic carbocycles. The van der Waals surface area contributed by atoms with Crippen molar-refractivity contribution in [2.75, 3.05) is 7.11 Å². The number of rotatable bonds is 4. The zero-order chi connectivity index (χ0) is 13.8. The van der Waals surface area contributed by atoms with Crippen LogP contribution in [0.1, 0.15) is 19.5 Å². The van der Waals surface area contributed by atoms with Crippen molar-refractivity contribution in [1.29, 1.82) is 0 Å². The molecule has 2 heterocycles. The van der Waals surface area contributed by atoms with E-state index in [2.05, 4.69) is 34.0 Å². The van der Waals surface area contributed by atoms with Crippen LogP contribution in [0.3, 0.4) is 0 Å². The molecule has 0 N–H and O–H groups in total. The molecule has 2 rings (SSSR count). The Morgan fingerprint density at radius 3 is 2.58 bits per heavy atom. The summed E-state index contributed by atoms with van der Waals surface area (Å²) >= 11 is 6.02. The number of hydrogen-bond acceptors (Lipinski definition) is 5. The Bertz CT molecular complexity index is 557. The van der Waals surface area contributed by atoms with Gasteiger partial charge in [0.1, 0.15) is 10.8 Å².